The van der Waals surface area contributed by atoms with Gasteiger partial charge in [-0.25, -0.2) is 0 Å². The number of rotatable bonds is 2. The topological polar surface area (TPSA) is 15.6 Å². The van der Waals surface area contributed by atoms with E-state index in [9.17, 15) is 0 Å². The number of likely N-dealkylation sites (tertiary alicyclic amines) is 1. The van der Waals surface area contributed by atoms with Gasteiger partial charge in [-0.15, -0.1) is 0 Å². The summed E-state index contributed by atoms with van der Waals surface area (Å²) in [6.07, 6.45) is 3.18. The summed E-state index contributed by atoms with van der Waals surface area (Å²) < 4.78 is 0. The average Bonchev–Trinajstić information content (AvgIpc) is 2.63. The first-order valence-corrected chi connectivity index (χ1v) is 5.11. The second-order valence-corrected chi connectivity index (χ2v) is 3.89. The van der Waals surface area contributed by atoms with Crippen LogP contribution in [0.15, 0.2) is 35.3 Å². The molecule has 0 saturated carbocycles. The van der Waals surface area contributed by atoms with E-state index in [-0.39, 0.29) is 0 Å². The van der Waals surface area contributed by atoms with Gasteiger partial charge in [0.15, 0.2) is 0 Å². The van der Waals surface area contributed by atoms with Crippen molar-refractivity contribution in [3.8, 4) is 0 Å². The van der Waals surface area contributed by atoms with Crippen molar-refractivity contribution >= 4 is 6.21 Å². The van der Waals surface area contributed by atoms with Gasteiger partial charge < -0.3 is 4.90 Å². The smallest absolute Gasteiger partial charge is 0.0638 e. The van der Waals surface area contributed by atoms with E-state index in [0.717, 1.165) is 6.54 Å². The molecule has 1 aromatic carbocycles. The zero-order valence-electron chi connectivity index (χ0n) is 8.56. The third-order valence-corrected chi connectivity index (χ3v) is 2.60. The maximum atomic E-state index is 4.58. The fraction of sp³-hybridized carbons (Fsp3) is 0.417. The normalized spacial score (nSPS) is 23.4. The van der Waals surface area contributed by atoms with Crippen molar-refractivity contribution in [2.45, 2.75) is 12.5 Å². The molecule has 0 spiro atoms. The standard InChI is InChI=1S/C12H16N2/c1-14-8-7-12(10-14)13-9-11-5-3-2-4-6-11/h2-6,9,12H,7-8,10H2,1H3. The summed E-state index contributed by atoms with van der Waals surface area (Å²) in [6, 6.07) is 10.8. The lowest BCUT2D eigenvalue weighted by atomic mass is 10.2. The van der Waals surface area contributed by atoms with E-state index in [0.29, 0.717) is 6.04 Å². The van der Waals surface area contributed by atoms with Crippen molar-refractivity contribution in [1.29, 1.82) is 0 Å². The Labute approximate surface area is 85.3 Å². The molecule has 0 aliphatic carbocycles. The maximum absolute atomic E-state index is 4.58. The van der Waals surface area contributed by atoms with Gasteiger partial charge in [0.25, 0.3) is 0 Å². The Bertz CT molecular complexity index is 305. The van der Waals surface area contributed by atoms with Gasteiger partial charge >= 0.3 is 0 Å². The predicted molar refractivity (Wildman–Crippen MR) is 59.9 cm³/mol. The Morgan fingerprint density at radius 1 is 1.36 bits per heavy atom. The Morgan fingerprint density at radius 2 is 2.14 bits per heavy atom. The summed E-state index contributed by atoms with van der Waals surface area (Å²) in [5, 5.41) is 0. The van der Waals surface area contributed by atoms with Crippen molar-refractivity contribution in [3.05, 3.63) is 35.9 Å². The fourth-order valence-corrected chi connectivity index (χ4v) is 1.76. The minimum Gasteiger partial charge on any atom is -0.304 e. The first-order chi connectivity index (χ1) is 6.84. The van der Waals surface area contributed by atoms with E-state index in [1.54, 1.807) is 0 Å². The van der Waals surface area contributed by atoms with E-state index in [4.69, 9.17) is 0 Å². The lowest BCUT2D eigenvalue weighted by Gasteiger charge is -2.04. The molecular formula is C12H16N2. The molecule has 1 saturated heterocycles. The molecule has 74 valence electrons. The van der Waals surface area contributed by atoms with E-state index < -0.39 is 0 Å². The van der Waals surface area contributed by atoms with Gasteiger partial charge in [0.2, 0.25) is 0 Å². The molecule has 1 atom stereocenters. The Morgan fingerprint density at radius 3 is 2.79 bits per heavy atom. The summed E-state index contributed by atoms with van der Waals surface area (Å²) in [4.78, 5) is 6.90. The maximum Gasteiger partial charge on any atom is 0.0638 e. The molecule has 1 fully saturated rings. The first kappa shape index (κ1) is 9.41. The third-order valence-electron chi connectivity index (χ3n) is 2.60. The molecular weight excluding hydrogens is 172 g/mol. The molecule has 2 heteroatoms. The number of likely N-dealkylation sites (N-methyl/N-ethyl adjacent to an activating group) is 1. The minimum absolute atomic E-state index is 0.500. The molecule has 0 bridgehead atoms. The SMILES string of the molecule is CN1CCC(N=Cc2ccccc2)C1. The van der Waals surface area contributed by atoms with Crippen molar-refractivity contribution < 1.29 is 0 Å². The van der Waals surface area contributed by atoms with Crippen LogP contribution in [0.25, 0.3) is 0 Å². The van der Waals surface area contributed by atoms with Crippen LogP contribution in [-0.4, -0.2) is 37.3 Å². The Balaban J connectivity index is 1.94. The quantitative estimate of drug-likeness (QED) is 0.646. The highest BCUT2D eigenvalue weighted by molar-refractivity contribution is 5.79. The number of nitrogens with zero attached hydrogens (tertiary/aromatic N) is 2. The van der Waals surface area contributed by atoms with Crippen molar-refractivity contribution in [2.75, 3.05) is 20.1 Å². The molecule has 1 heterocycles. The van der Waals surface area contributed by atoms with Crippen LogP contribution in [0.4, 0.5) is 0 Å². The van der Waals surface area contributed by atoms with Crippen LogP contribution in [0.1, 0.15) is 12.0 Å². The minimum atomic E-state index is 0.500. The lowest BCUT2D eigenvalue weighted by Crippen LogP contribution is -2.15. The van der Waals surface area contributed by atoms with Crippen LogP contribution in [0.5, 0.6) is 0 Å². The molecule has 0 radical (unpaired) electrons. The number of hydrogen-bond donors (Lipinski definition) is 0. The highest BCUT2D eigenvalue weighted by atomic mass is 15.1. The summed E-state index contributed by atoms with van der Waals surface area (Å²) in [5.41, 5.74) is 1.20. The van der Waals surface area contributed by atoms with E-state index >= 15 is 0 Å². The van der Waals surface area contributed by atoms with Crippen LogP contribution in [-0.2, 0) is 0 Å². The molecule has 1 aliphatic heterocycles. The van der Waals surface area contributed by atoms with Crippen LogP contribution in [0.2, 0.25) is 0 Å². The van der Waals surface area contributed by atoms with Gasteiger partial charge in [0.1, 0.15) is 0 Å². The van der Waals surface area contributed by atoms with Crippen LogP contribution < -0.4 is 0 Å². The molecule has 14 heavy (non-hydrogen) atoms. The van der Waals surface area contributed by atoms with Gasteiger partial charge in [-0.2, -0.15) is 0 Å². The van der Waals surface area contributed by atoms with Crippen molar-refractivity contribution in [3.63, 3.8) is 0 Å². The average molecular weight is 188 g/mol. The molecule has 0 N–H and O–H groups in total. The molecule has 1 unspecified atom stereocenters. The third kappa shape index (κ3) is 2.42. The second-order valence-electron chi connectivity index (χ2n) is 3.89. The van der Waals surface area contributed by atoms with Gasteiger partial charge in [-0.1, -0.05) is 30.3 Å². The first-order valence-electron chi connectivity index (χ1n) is 5.11. The summed E-state index contributed by atoms with van der Waals surface area (Å²) in [6.45, 7) is 2.28. The Hall–Kier alpha value is -1.15. The van der Waals surface area contributed by atoms with Crippen molar-refractivity contribution in [2.24, 2.45) is 4.99 Å². The molecule has 0 aromatic heterocycles. The lowest BCUT2D eigenvalue weighted by molar-refractivity contribution is 0.412. The van der Waals surface area contributed by atoms with Gasteiger partial charge in [-0.3, -0.25) is 4.99 Å². The van der Waals surface area contributed by atoms with Crippen LogP contribution in [0, 0.1) is 0 Å². The van der Waals surface area contributed by atoms with E-state index in [2.05, 4.69) is 29.1 Å². The van der Waals surface area contributed by atoms with E-state index in [1.165, 1.54) is 18.5 Å². The molecule has 0 amide bonds. The summed E-state index contributed by atoms with van der Waals surface area (Å²) in [5.74, 6) is 0. The Kier molecular flexibility index (Phi) is 2.94. The van der Waals surface area contributed by atoms with Crippen molar-refractivity contribution in [1.82, 2.24) is 4.90 Å². The highest BCUT2D eigenvalue weighted by Crippen LogP contribution is 2.09. The second kappa shape index (κ2) is 4.38. The molecule has 2 nitrogen and oxygen atoms in total. The van der Waals surface area contributed by atoms with Gasteiger partial charge in [0, 0.05) is 12.8 Å². The number of aliphatic imine (C=N–C) groups is 1. The summed E-state index contributed by atoms with van der Waals surface area (Å²) >= 11 is 0. The molecule has 1 aliphatic rings. The zero-order valence-corrected chi connectivity index (χ0v) is 8.56. The van der Waals surface area contributed by atoms with Gasteiger partial charge in [0.05, 0.1) is 6.04 Å². The highest BCUT2D eigenvalue weighted by Gasteiger charge is 2.17. The van der Waals surface area contributed by atoms with Crippen LogP contribution in [0.3, 0.4) is 0 Å². The molecule has 1 aromatic rings. The summed E-state index contributed by atoms with van der Waals surface area (Å²) in [7, 11) is 2.15. The largest absolute Gasteiger partial charge is 0.304 e. The van der Waals surface area contributed by atoms with Gasteiger partial charge in [-0.05, 0) is 25.6 Å². The van der Waals surface area contributed by atoms with Crippen LogP contribution >= 0.6 is 0 Å². The molecule has 2 rings (SSSR count). The monoisotopic (exact) mass is 188 g/mol. The number of benzene rings is 1. The number of hydrogen-bond acceptors (Lipinski definition) is 2. The zero-order chi connectivity index (χ0) is 9.80. The van der Waals surface area contributed by atoms with E-state index in [1.807, 2.05) is 24.4 Å². The fourth-order valence-electron chi connectivity index (χ4n) is 1.76. The predicted octanol–water partition coefficient (Wildman–Crippen LogP) is 1.81.